The molecule has 0 aliphatic heterocycles. The zero-order valence-corrected chi connectivity index (χ0v) is 13.8. The normalized spacial score (nSPS) is 15.5. The molecule has 2 aromatic heterocycles. The third-order valence-corrected chi connectivity index (χ3v) is 4.59. The summed E-state index contributed by atoms with van der Waals surface area (Å²) in [5.41, 5.74) is 3.55. The minimum Gasteiger partial charge on any atom is -0.495 e. The summed E-state index contributed by atoms with van der Waals surface area (Å²) in [6.07, 6.45) is 8.01. The lowest BCUT2D eigenvalue weighted by atomic mass is 9.96. The predicted molar refractivity (Wildman–Crippen MR) is 94.3 cm³/mol. The van der Waals surface area contributed by atoms with Crippen LogP contribution in [0.4, 0.5) is 6.01 Å². The number of anilines is 1. The van der Waals surface area contributed by atoms with Gasteiger partial charge in [-0.3, -0.25) is 4.98 Å². The number of methoxy groups -OCH3 is 1. The first-order valence-electron chi connectivity index (χ1n) is 8.49. The minimum atomic E-state index is 0.481. The van der Waals surface area contributed by atoms with Gasteiger partial charge in [0.25, 0.3) is 6.01 Å². The number of pyridine rings is 1. The van der Waals surface area contributed by atoms with Crippen molar-refractivity contribution in [3.8, 4) is 17.0 Å². The number of fused-ring (bicyclic) bond motifs is 1. The molecular formula is C19H21N3O2. The van der Waals surface area contributed by atoms with Crippen molar-refractivity contribution in [3.63, 3.8) is 0 Å². The number of hydrogen-bond donors (Lipinski definition) is 1. The molecule has 4 rings (SSSR count). The number of oxazole rings is 1. The van der Waals surface area contributed by atoms with Crippen LogP contribution < -0.4 is 10.1 Å². The Balaban J connectivity index is 1.58. The van der Waals surface area contributed by atoms with E-state index in [4.69, 9.17) is 9.15 Å². The Morgan fingerprint density at radius 1 is 1.12 bits per heavy atom. The molecule has 0 unspecified atom stereocenters. The van der Waals surface area contributed by atoms with Crippen molar-refractivity contribution >= 4 is 17.1 Å². The van der Waals surface area contributed by atoms with E-state index < -0.39 is 0 Å². The van der Waals surface area contributed by atoms with Gasteiger partial charge < -0.3 is 14.5 Å². The van der Waals surface area contributed by atoms with Crippen LogP contribution in [0.25, 0.3) is 22.4 Å². The lowest BCUT2D eigenvalue weighted by Gasteiger charge is -2.21. The molecule has 3 aromatic rings. The van der Waals surface area contributed by atoms with Gasteiger partial charge >= 0.3 is 0 Å². The van der Waals surface area contributed by atoms with Gasteiger partial charge in [0.1, 0.15) is 11.3 Å². The summed E-state index contributed by atoms with van der Waals surface area (Å²) in [4.78, 5) is 9.02. The summed E-state index contributed by atoms with van der Waals surface area (Å²) in [6.45, 7) is 0. The molecule has 1 aromatic carbocycles. The molecule has 1 aliphatic rings. The molecule has 5 heteroatoms. The fourth-order valence-corrected chi connectivity index (χ4v) is 3.24. The molecule has 124 valence electrons. The standard InChI is InChI=1S/C19H21N3O2/c1-23-15-8-9-16(20-12-15)13-7-10-18-17(11-13)22-19(24-18)21-14-5-3-2-4-6-14/h7-12,14H,2-6H2,1H3,(H,21,22). The first kappa shape index (κ1) is 15.0. The Morgan fingerprint density at radius 2 is 2.00 bits per heavy atom. The Morgan fingerprint density at radius 3 is 2.75 bits per heavy atom. The second-order valence-corrected chi connectivity index (χ2v) is 6.26. The SMILES string of the molecule is COc1ccc(-c2ccc3oc(NC4CCCCC4)nc3c2)nc1. The second-order valence-electron chi connectivity index (χ2n) is 6.26. The Bertz CT molecular complexity index is 820. The van der Waals surface area contributed by atoms with Crippen LogP contribution in [0.2, 0.25) is 0 Å². The van der Waals surface area contributed by atoms with Gasteiger partial charge in [0.15, 0.2) is 5.58 Å². The van der Waals surface area contributed by atoms with Gasteiger partial charge in [-0.25, -0.2) is 0 Å². The topological polar surface area (TPSA) is 60.2 Å². The van der Waals surface area contributed by atoms with Gasteiger partial charge in [-0.15, -0.1) is 0 Å². The highest BCUT2D eigenvalue weighted by Gasteiger charge is 2.16. The molecule has 1 aliphatic carbocycles. The van der Waals surface area contributed by atoms with Crippen molar-refractivity contribution in [2.75, 3.05) is 12.4 Å². The lowest BCUT2D eigenvalue weighted by Crippen LogP contribution is -2.22. The van der Waals surface area contributed by atoms with Crippen molar-refractivity contribution in [3.05, 3.63) is 36.5 Å². The van der Waals surface area contributed by atoms with E-state index in [0.29, 0.717) is 12.1 Å². The lowest BCUT2D eigenvalue weighted by molar-refractivity contribution is 0.413. The van der Waals surface area contributed by atoms with E-state index in [9.17, 15) is 0 Å². The van der Waals surface area contributed by atoms with Crippen LogP contribution in [0.3, 0.4) is 0 Å². The summed E-state index contributed by atoms with van der Waals surface area (Å²) < 4.78 is 11.0. The molecule has 5 nitrogen and oxygen atoms in total. The van der Waals surface area contributed by atoms with E-state index in [2.05, 4.69) is 15.3 Å². The van der Waals surface area contributed by atoms with Crippen molar-refractivity contribution in [1.82, 2.24) is 9.97 Å². The third-order valence-electron chi connectivity index (χ3n) is 4.59. The van der Waals surface area contributed by atoms with Crippen LogP contribution in [-0.4, -0.2) is 23.1 Å². The average molecular weight is 323 g/mol. The largest absolute Gasteiger partial charge is 0.495 e. The number of nitrogens with zero attached hydrogens (tertiary/aromatic N) is 2. The third kappa shape index (κ3) is 3.07. The fraction of sp³-hybridized carbons (Fsp3) is 0.368. The summed E-state index contributed by atoms with van der Waals surface area (Å²) in [6, 6.07) is 10.9. The zero-order valence-electron chi connectivity index (χ0n) is 13.8. The molecule has 0 radical (unpaired) electrons. The van der Waals surface area contributed by atoms with Gasteiger partial charge in [-0.1, -0.05) is 19.3 Å². The van der Waals surface area contributed by atoms with E-state index in [1.165, 1.54) is 32.1 Å². The van der Waals surface area contributed by atoms with Crippen molar-refractivity contribution in [1.29, 1.82) is 0 Å². The maximum Gasteiger partial charge on any atom is 0.295 e. The highest BCUT2D eigenvalue weighted by atomic mass is 16.5. The highest BCUT2D eigenvalue weighted by molar-refractivity contribution is 5.80. The molecule has 0 atom stereocenters. The molecule has 1 saturated carbocycles. The van der Waals surface area contributed by atoms with Crippen LogP contribution in [0, 0.1) is 0 Å². The first-order valence-corrected chi connectivity index (χ1v) is 8.49. The smallest absolute Gasteiger partial charge is 0.295 e. The molecule has 2 heterocycles. The van der Waals surface area contributed by atoms with E-state index in [-0.39, 0.29) is 0 Å². The second kappa shape index (κ2) is 6.51. The van der Waals surface area contributed by atoms with Crippen LogP contribution >= 0.6 is 0 Å². The van der Waals surface area contributed by atoms with Gasteiger partial charge in [0.05, 0.1) is 19.0 Å². The fourth-order valence-electron chi connectivity index (χ4n) is 3.24. The Kier molecular flexibility index (Phi) is 4.07. The number of aromatic nitrogens is 2. The van der Waals surface area contributed by atoms with Gasteiger partial charge in [-0.2, -0.15) is 4.98 Å². The van der Waals surface area contributed by atoms with Crippen LogP contribution in [-0.2, 0) is 0 Å². The van der Waals surface area contributed by atoms with Crippen molar-refractivity contribution in [2.24, 2.45) is 0 Å². The van der Waals surface area contributed by atoms with E-state index in [1.54, 1.807) is 13.3 Å². The number of nitrogens with one attached hydrogen (secondary N) is 1. The quantitative estimate of drug-likeness (QED) is 0.757. The molecule has 0 saturated heterocycles. The number of hydrogen-bond acceptors (Lipinski definition) is 5. The maximum absolute atomic E-state index is 5.84. The van der Waals surface area contributed by atoms with Crippen LogP contribution in [0.5, 0.6) is 5.75 Å². The summed E-state index contributed by atoms with van der Waals surface area (Å²) in [5.74, 6) is 0.750. The Hall–Kier alpha value is -2.56. The van der Waals surface area contributed by atoms with Gasteiger partial charge in [0.2, 0.25) is 0 Å². The zero-order chi connectivity index (χ0) is 16.4. The monoisotopic (exact) mass is 323 g/mol. The molecule has 1 fully saturated rings. The van der Waals surface area contributed by atoms with E-state index in [1.807, 2.05) is 30.3 Å². The highest BCUT2D eigenvalue weighted by Crippen LogP contribution is 2.27. The minimum absolute atomic E-state index is 0.481. The Labute approximate surface area is 141 Å². The molecule has 0 amide bonds. The molecule has 1 N–H and O–H groups in total. The first-order chi connectivity index (χ1) is 11.8. The van der Waals surface area contributed by atoms with E-state index in [0.717, 1.165) is 28.1 Å². The number of ether oxygens (including phenoxy) is 1. The molecule has 0 spiro atoms. The molecule has 0 bridgehead atoms. The van der Waals surface area contributed by atoms with Crippen molar-refractivity contribution in [2.45, 2.75) is 38.1 Å². The number of benzene rings is 1. The molecule has 24 heavy (non-hydrogen) atoms. The van der Waals surface area contributed by atoms with Crippen LogP contribution in [0.15, 0.2) is 40.9 Å². The summed E-state index contributed by atoms with van der Waals surface area (Å²) in [5, 5.41) is 3.43. The van der Waals surface area contributed by atoms with Gasteiger partial charge in [0, 0.05) is 11.6 Å². The average Bonchev–Trinajstić information content (AvgIpc) is 3.04. The predicted octanol–water partition coefficient (Wildman–Crippen LogP) is 4.64. The number of rotatable bonds is 4. The van der Waals surface area contributed by atoms with Gasteiger partial charge in [-0.05, 0) is 43.2 Å². The maximum atomic E-state index is 5.84. The summed E-state index contributed by atoms with van der Waals surface area (Å²) >= 11 is 0. The van der Waals surface area contributed by atoms with E-state index >= 15 is 0 Å². The molecular weight excluding hydrogens is 302 g/mol. The van der Waals surface area contributed by atoms with Crippen LogP contribution in [0.1, 0.15) is 32.1 Å². The van der Waals surface area contributed by atoms with Crippen molar-refractivity contribution < 1.29 is 9.15 Å². The summed E-state index contributed by atoms with van der Waals surface area (Å²) in [7, 11) is 1.64.